The highest BCUT2D eigenvalue weighted by Crippen LogP contribution is 2.49. The standard InChI is InChI=1S/C28H27F2N3O2S/c1-31-26-21(18-5-4-17-8-11-33(2)27(35)22(17)12-18)14-20(15-23(26)28(16-34)9-3-10-28)32-36-25-7-6-19(29)13-24(25)30/h4-7,12-16,31-32H,3,8-11H2,1-2H3. The molecular formula is C28H27F2N3O2S. The zero-order chi connectivity index (χ0) is 25.4. The van der Waals surface area contributed by atoms with Crippen LogP contribution in [0.1, 0.15) is 40.7 Å². The number of aldehydes is 1. The summed E-state index contributed by atoms with van der Waals surface area (Å²) >= 11 is 1.04. The number of nitrogens with zero attached hydrogens (tertiary/aromatic N) is 1. The molecule has 0 radical (unpaired) electrons. The highest BCUT2D eigenvalue weighted by atomic mass is 32.2. The van der Waals surface area contributed by atoms with Gasteiger partial charge in [0.05, 0.1) is 10.3 Å². The Hall–Kier alpha value is -3.39. The first-order chi connectivity index (χ1) is 17.3. The lowest BCUT2D eigenvalue weighted by molar-refractivity contribution is -0.115. The summed E-state index contributed by atoms with van der Waals surface area (Å²) in [5.41, 5.74) is 5.18. The smallest absolute Gasteiger partial charge is 0.253 e. The summed E-state index contributed by atoms with van der Waals surface area (Å²) in [5.74, 6) is -1.30. The Balaban J connectivity index is 1.61. The van der Waals surface area contributed by atoms with Crippen molar-refractivity contribution in [3.05, 3.63) is 76.9 Å². The summed E-state index contributed by atoms with van der Waals surface area (Å²) < 4.78 is 30.8. The van der Waals surface area contributed by atoms with Crippen molar-refractivity contribution in [2.24, 2.45) is 0 Å². The Kier molecular flexibility index (Phi) is 6.47. The second-order valence-electron chi connectivity index (χ2n) is 9.45. The normalized spacial score (nSPS) is 16.2. The Bertz CT molecular complexity index is 1360. The molecule has 3 aromatic carbocycles. The maximum absolute atomic E-state index is 14.2. The van der Waals surface area contributed by atoms with E-state index >= 15 is 0 Å². The van der Waals surface area contributed by atoms with Crippen LogP contribution in [0, 0.1) is 11.6 Å². The zero-order valence-electron chi connectivity index (χ0n) is 20.2. The van der Waals surface area contributed by atoms with Gasteiger partial charge in [0.25, 0.3) is 5.91 Å². The molecule has 1 saturated carbocycles. The molecule has 8 heteroatoms. The fourth-order valence-electron chi connectivity index (χ4n) is 5.03. The maximum Gasteiger partial charge on any atom is 0.253 e. The van der Waals surface area contributed by atoms with Gasteiger partial charge in [0.2, 0.25) is 0 Å². The summed E-state index contributed by atoms with van der Waals surface area (Å²) in [6.45, 7) is 0.690. The predicted molar refractivity (Wildman–Crippen MR) is 140 cm³/mol. The average Bonchev–Trinajstić information content (AvgIpc) is 2.85. The van der Waals surface area contributed by atoms with Crippen LogP contribution in [0.4, 0.5) is 20.2 Å². The Labute approximate surface area is 213 Å². The lowest BCUT2D eigenvalue weighted by Gasteiger charge is -2.39. The molecule has 36 heavy (non-hydrogen) atoms. The van der Waals surface area contributed by atoms with Crippen LogP contribution in [0.3, 0.4) is 0 Å². The van der Waals surface area contributed by atoms with E-state index in [4.69, 9.17) is 0 Å². The minimum absolute atomic E-state index is 0.00990. The number of carbonyl (C=O) groups is 2. The first-order valence-corrected chi connectivity index (χ1v) is 12.8. The number of nitrogens with one attached hydrogen (secondary N) is 2. The zero-order valence-corrected chi connectivity index (χ0v) is 21.0. The Morgan fingerprint density at radius 1 is 1.06 bits per heavy atom. The van der Waals surface area contributed by atoms with E-state index in [2.05, 4.69) is 10.0 Å². The third kappa shape index (κ3) is 4.23. The van der Waals surface area contributed by atoms with E-state index in [0.717, 1.165) is 77.9 Å². The molecular weight excluding hydrogens is 480 g/mol. The van der Waals surface area contributed by atoms with Crippen LogP contribution in [0.5, 0.6) is 0 Å². The van der Waals surface area contributed by atoms with Crippen molar-refractivity contribution in [2.75, 3.05) is 30.7 Å². The molecule has 1 aliphatic carbocycles. The third-order valence-corrected chi connectivity index (χ3v) is 8.17. The Morgan fingerprint density at radius 3 is 2.53 bits per heavy atom. The quantitative estimate of drug-likeness (QED) is 0.302. The molecule has 0 atom stereocenters. The molecule has 5 nitrogen and oxygen atoms in total. The molecule has 0 saturated heterocycles. The van der Waals surface area contributed by atoms with Gasteiger partial charge >= 0.3 is 0 Å². The fraction of sp³-hybridized carbons (Fsp3) is 0.286. The molecule has 2 N–H and O–H groups in total. The van der Waals surface area contributed by atoms with Gasteiger partial charge in [-0.05, 0) is 78.2 Å². The van der Waals surface area contributed by atoms with E-state index in [9.17, 15) is 18.4 Å². The first-order valence-electron chi connectivity index (χ1n) is 11.9. The van der Waals surface area contributed by atoms with Gasteiger partial charge in [0, 0.05) is 49.2 Å². The van der Waals surface area contributed by atoms with Crippen LogP contribution in [-0.4, -0.2) is 37.7 Å². The number of likely N-dealkylation sites (N-methyl/N-ethyl adjacent to an activating group) is 1. The van der Waals surface area contributed by atoms with E-state index < -0.39 is 17.0 Å². The van der Waals surface area contributed by atoms with Gasteiger partial charge in [0.15, 0.2) is 0 Å². The van der Waals surface area contributed by atoms with Gasteiger partial charge < -0.3 is 19.7 Å². The fourth-order valence-corrected chi connectivity index (χ4v) is 5.67. The molecule has 1 fully saturated rings. The van der Waals surface area contributed by atoms with Gasteiger partial charge in [-0.25, -0.2) is 8.78 Å². The van der Waals surface area contributed by atoms with Gasteiger partial charge in [0.1, 0.15) is 17.9 Å². The number of halogens is 2. The van der Waals surface area contributed by atoms with Crippen molar-refractivity contribution in [3.8, 4) is 11.1 Å². The van der Waals surface area contributed by atoms with Crippen LogP contribution < -0.4 is 10.0 Å². The number of amides is 1. The molecule has 0 aromatic heterocycles. The summed E-state index contributed by atoms with van der Waals surface area (Å²) in [5, 5.41) is 3.30. The molecule has 5 rings (SSSR count). The van der Waals surface area contributed by atoms with Crippen molar-refractivity contribution in [3.63, 3.8) is 0 Å². The van der Waals surface area contributed by atoms with Crippen molar-refractivity contribution in [1.82, 2.24) is 4.90 Å². The topological polar surface area (TPSA) is 61.4 Å². The number of fused-ring (bicyclic) bond motifs is 1. The van der Waals surface area contributed by atoms with E-state index in [-0.39, 0.29) is 10.8 Å². The van der Waals surface area contributed by atoms with E-state index in [1.807, 2.05) is 37.4 Å². The van der Waals surface area contributed by atoms with Crippen LogP contribution in [-0.2, 0) is 16.6 Å². The van der Waals surface area contributed by atoms with Gasteiger partial charge in [-0.3, -0.25) is 4.79 Å². The monoisotopic (exact) mass is 507 g/mol. The van der Waals surface area contributed by atoms with Crippen LogP contribution >= 0.6 is 11.9 Å². The molecule has 186 valence electrons. The number of carbonyl (C=O) groups excluding carboxylic acids is 2. The molecule has 0 spiro atoms. The average molecular weight is 508 g/mol. The summed E-state index contributed by atoms with van der Waals surface area (Å²) in [7, 11) is 3.63. The lowest BCUT2D eigenvalue weighted by atomic mass is 9.64. The molecule has 1 aliphatic heterocycles. The second kappa shape index (κ2) is 9.58. The highest BCUT2D eigenvalue weighted by Gasteiger charge is 2.41. The molecule has 2 aliphatic rings. The highest BCUT2D eigenvalue weighted by molar-refractivity contribution is 8.00. The van der Waals surface area contributed by atoms with E-state index in [1.54, 1.807) is 11.9 Å². The summed E-state index contributed by atoms with van der Waals surface area (Å²) in [6.07, 6.45) is 4.29. The molecule has 0 bridgehead atoms. The minimum Gasteiger partial charge on any atom is -0.387 e. The lowest BCUT2D eigenvalue weighted by Crippen LogP contribution is -2.36. The maximum atomic E-state index is 14.2. The number of hydrogen-bond acceptors (Lipinski definition) is 5. The Morgan fingerprint density at radius 2 is 1.86 bits per heavy atom. The van der Waals surface area contributed by atoms with Crippen molar-refractivity contribution in [1.29, 1.82) is 0 Å². The minimum atomic E-state index is -0.652. The van der Waals surface area contributed by atoms with Crippen LogP contribution in [0.15, 0.2) is 53.4 Å². The van der Waals surface area contributed by atoms with E-state index in [1.165, 1.54) is 12.1 Å². The number of rotatable bonds is 7. The van der Waals surface area contributed by atoms with Gasteiger partial charge in [-0.15, -0.1) is 0 Å². The van der Waals surface area contributed by atoms with Gasteiger partial charge in [-0.1, -0.05) is 18.6 Å². The number of hydrogen-bond donors (Lipinski definition) is 2. The molecule has 0 unspecified atom stereocenters. The summed E-state index contributed by atoms with van der Waals surface area (Å²) in [6, 6.07) is 13.2. The third-order valence-electron chi connectivity index (χ3n) is 7.28. The number of benzene rings is 3. The van der Waals surface area contributed by atoms with Crippen LogP contribution in [0.2, 0.25) is 0 Å². The molecule has 1 amide bonds. The predicted octanol–water partition coefficient (Wildman–Crippen LogP) is 6.04. The van der Waals surface area contributed by atoms with Crippen molar-refractivity contribution in [2.45, 2.75) is 36.0 Å². The van der Waals surface area contributed by atoms with E-state index in [0.29, 0.717) is 17.8 Å². The van der Waals surface area contributed by atoms with Gasteiger partial charge in [-0.2, -0.15) is 0 Å². The van der Waals surface area contributed by atoms with Crippen LogP contribution in [0.25, 0.3) is 11.1 Å². The first kappa shape index (κ1) is 24.3. The SMILES string of the molecule is CNc1c(-c2ccc3c(c2)C(=O)N(C)CC3)cc(NSc2ccc(F)cc2F)cc1C1(C=O)CCC1. The number of anilines is 2. The van der Waals surface area contributed by atoms with Crippen molar-refractivity contribution < 1.29 is 18.4 Å². The molecule has 1 heterocycles. The second-order valence-corrected chi connectivity index (χ2v) is 10.3. The molecule has 3 aromatic rings. The van der Waals surface area contributed by atoms with Crippen molar-refractivity contribution >= 4 is 35.5 Å². The largest absolute Gasteiger partial charge is 0.387 e. The summed E-state index contributed by atoms with van der Waals surface area (Å²) in [4.78, 5) is 27.1.